The molecule has 0 aromatic carbocycles. The van der Waals surface area contributed by atoms with E-state index in [0.717, 1.165) is 176 Å². The summed E-state index contributed by atoms with van der Waals surface area (Å²) in [5.41, 5.74) is 0. The summed E-state index contributed by atoms with van der Waals surface area (Å²) in [6.45, 7) is 23.8. The van der Waals surface area contributed by atoms with Crippen molar-refractivity contribution in [1.82, 2.24) is 0 Å². The maximum atomic E-state index is 15.0. The van der Waals surface area contributed by atoms with E-state index in [2.05, 4.69) is 145 Å². The molecule has 4 aromatic heterocycles. The number of aryl methyl sites for hydroxylation is 2. The molecule has 4 rings (SSSR count). The molecule has 0 N–H and O–H groups in total. The van der Waals surface area contributed by atoms with E-state index in [1.165, 1.54) is 83.2 Å². The molecular weight excluding hydrogens is 1820 g/mol. The number of rotatable bonds is 50. The first-order chi connectivity index (χ1) is 44.0. The predicted molar refractivity (Wildman–Crippen MR) is 429 cm³/mol. The molecule has 0 aliphatic rings. The van der Waals surface area contributed by atoms with Gasteiger partial charge in [-0.2, -0.15) is 0 Å². The fourth-order valence-corrected chi connectivity index (χ4v) is 69.8. The summed E-state index contributed by atoms with van der Waals surface area (Å²) >= 11 is 8.81. The van der Waals surface area contributed by atoms with Gasteiger partial charge in [0.2, 0.25) is 0 Å². The molecule has 0 unspecified atom stereocenters. The maximum absolute atomic E-state index is 15.0. The van der Waals surface area contributed by atoms with Gasteiger partial charge in [-0.15, -0.1) is 34.0 Å². The molecule has 8 nitrogen and oxygen atoms in total. The second-order valence-corrected chi connectivity index (χ2v) is 66.3. The second-order valence-electron chi connectivity index (χ2n) is 25.5. The van der Waals surface area contributed by atoms with Gasteiger partial charge in [0.25, 0.3) is 0 Å². The van der Waals surface area contributed by atoms with Crippen LogP contribution in [0.4, 0.5) is 0 Å². The molecule has 0 aliphatic carbocycles. The third-order valence-electron chi connectivity index (χ3n) is 17.3. The molecule has 0 amide bonds. The van der Waals surface area contributed by atoms with Crippen molar-refractivity contribution in [2.75, 3.05) is 23.0 Å². The van der Waals surface area contributed by atoms with Crippen LogP contribution in [0.25, 0.3) is 9.75 Å². The van der Waals surface area contributed by atoms with Crippen LogP contribution in [0.3, 0.4) is 0 Å². The Bertz CT molecular complexity index is 2970. The fourth-order valence-electron chi connectivity index (χ4n) is 12.0. The quantitative estimate of drug-likeness (QED) is 0.0242. The SMILES string of the molecule is CCCCCCCCS(=O)(=O)c1[c]([SnH]([CH2]CCC)[CH2]CCC)s[c]([Sn]([CH2]CCC)([CH2]CCC)[CH2]CCC)c1S(=O)(=O)CCCCCCCC.CCCCCCCCS(=O)(=O)c1c(C)sc(-c2ccc(C)s2)c1S(=O)(=O)CCCCCCCC.Ic1ccc(I)s1.[Cl][Cu]. The predicted octanol–water partition coefficient (Wildman–Crippen LogP) is 24.1. The van der Waals surface area contributed by atoms with E-state index < -0.39 is 77.5 Å². The zero-order valence-corrected chi connectivity index (χ0v) is 77.5. The van der Waals surface area contributed by atoms with Crippen LogP contribution in [0, 0.1) is 19.6 Å². The summed E-state index contributed by atoms with van der Waals surface area (Å²) in [6, 6.07) is 8.11. The standard InChI is InChI=1S/C26H42O4S4.C20H34O4S3.C4H2I2S.5C4H9.ClH.Cu.2Sn.H/c1-5-7-9-11-13-15-19-33(27,28)25-22(4)32-24(23-18-17-21(3)31-23)26(25)34(29,30)20-16-14-12-10-8-6-2;1-3-5-7-9-11-13-15-26(21,22)19-17-25-18-20(19)27(23,24)16-14-12-10-8-6-4-2;5-3-1-2-4(6)7-3;5*1-3-4-2;;;;;/h17-18H,5-16,19-20H2,1-4H3;3-16H2,1-2H3;1-2H;5*1,3-4H2,2H3;1H;;;;/q;;;;;;;;;+1;;;/p-1. The molecule has 0 saturated heterocycles. The van der Waals surface area contributed by atoms with E-state index in [9.17, 15) is 33.7 Å². The molecule has 22 heteroatoms. The Hall–Kier alpha value is 2.47. The summed E-state index contributed by atoms with van der Waals surface area (Å²) in [5, 5.41) is 0. The van der Waals surface area contributed by atoms with E-state index in [0.29, 0.717) is 45.2 Å². The fraction of sp³-hybridized carbons (Fsp3) is 0.771. The van der Waals surface area contributed by atoms with Gasteiger partial charge in [-0.1, -0.05) is 78.1 Å². The molecular formula is C70H124ClCuI2O8S8Sn2. The minimum absolute atomic E-state index is 0.00614. The topological polar surface area (TPSA) is 137 Å². The van der Waals surface area contributed by atoms with E-state index in [4.69, 9.17) is 0 Å². The molecule has 4 heterocycles. The summed E-state index contributed by atoms with van der Waals surface area (Å²) in [5.74, 6) is 0.248. The molecule has 0 spiro atoms. The average molecular weight is 1940 g/mol. The number of hydrogen-bond acceptors (Lipinski definition) is 12. The summed E-state index contributed by atoms with van der Waals surface area (Å²) in [4.78, 5) is 4.07. The molecule has 0 aliphatic heterocycles. The van der Waals surface area contributed by atoms with Crippen LogP contribution in [0.15, 0.2) is 43.8 Å². The second kappa shape index (κ2) is 53.3. The zero-order valence-electron chi connectivity index (χ0n) is 58.8. The Morgan fingerprint density at radius 1 is 0.380 bits per heavy atom. The first-order valence-electron chi connectivity index (χ1n) is 35.8. The number of sulfone groups is 4. The van der Waals surface area contributed by atoms with Crippen molar-refractivity contribution < 1.29 is 48.8 Å². The van der Waals surface area contributed by atoms with E-state index >= 15 is 0 Å². The average Bonchev–Trinajstić information content (AvgIpc) is 1.56. The minimum atomic E-state index is -3.73. The molecule has 540 valence electrons. The van der Waals surface area contributed by atoms with Crippen molar-refractivity contribution in [2.45, 2.75) is 336 Å². The third-order valence-corrected chi connectivity index (χ3v) is 63.6. The van der Waals surface area contributed by atoms with Gasteiger partial charge in [-0.05, 0) is 96.1 Å². The number of thiophene rings is 4. The summed E-state index contributed by atoms with van der Waals surface area (Å²) in [6.07, 6.45) is 35.4. The molecule has 0 fully saturated rings. The molecule has 0 bridgehead atoms. The third kappa shape index (κ3) is 34.6. The Kier molecular flexibility index (Phi) is 53.6. The van der Waals surface area contributed by atoms with Gasteiger partial charge in [0.15, 0.2) is 19.7 Å². The molecule has 92 heavy (non-hydrogen) atoms. The summed E-state index contributed by atoms with van der Waals surface area (Å²) in [7, 11) is -10.7. The molecule has 4 aromatic rings. The van der Waals surface area contributed by atoms with Crippen molar-refractivity contribution in [1.29, 1.82) is 0 Å². The van der Waals surface area contributed by atoms with Crippen LogP contribution in [-0.2, 0) is 54.5 Å². The number of hydrogen-bond donors (Lipinski definition) is 0. The Labute approximate surface area is 632 Å². The molecule has 0 saturated carbocycles. The van der Waals surface area contributed by atoms with Crippen LogP contribution in [0.2, 0.25) is 22.2 Å². The van der Waals surface area contributed by atoms with Gasteiger partial charge in [0.1, 0.15) is 4.90 Å². The summed E-state index contributed by atoms with van der Waals surface area (Å²) < 4.78 is 125. The van der Waals surface area contributed by atoms with Crippen molar-refractivity contribution in [2.24, 2.45) is 0 Å². The van der Waals surface area contributed by atoms with Gasteiger partial charge in [-0.25, -0.2) is 16.8 Å². The number of unbranched alkanes of at least 4 members (excludes halogenated alkanes) is 25. The Balaban J connectivity index is 0.000000845. The first-order valence-corrected chi connectivity index (χ1v) is 62.9. The van der Waals surface area contributed by atoms with Crippen molar-refractivity contribution >= 4 is 184 Å². The van der Waals surface area contributed by atoms with Crippen molar-refractivity contribution in [3.8, 4) is 9.75 Å². The van der Waals surface area contributed by atoms with Gasteiger partial charge in [0.05, 0.1) is 27.0 Å². The monoisotopic (exact) mass is 1940 g/mol. The Morgan fingerprint density at radius 2 is 0.707 bits per heavy atom. The van der Waals surface area contributed by atoms with Crippen LogP contribution in [0.5, 0.6) is 0 Å². The van der Waals surface area contributed by atoms with Crippen LogP contribution in [-0.4, -0.2) is 94.8 Å². The van der Waals surface area contributed by atoms with Gasteiger partial charge < -0.3 is 0 Å². The van der Waals surface area contributed by atoms with Crippen LogP contribution < -0.4 is 5.79 Å². The van der Waals surface area contributed by atoms with Gasteiger partial charge >= 0.3 is 350 Å². The van der Waals surface area contributed by atoms with Gasteiger partial charge in [-0.3, -0.25) is 0 Å². The normalized spacial score (nSPS) is 12.2. The van der Waals surface area contributed by atoms with Crippen LogP contribution in [0.1, 0.15) is 290 Å². The van der Waals surface area contributed by atoms with Crippen LogP contribution >= 0.6 is 101 Å². The first kappa shape index (κ1) is 92.5. The van der Waals surface area contributed by atoms with E-state index in [-0.39, 0.29) is 32.8 Å². The molecule has 0 atom stereocenters. The van der Waals surface area contributed by atoms with E-state index in [1.54, 1.807) is 6.92 Å². The van der Waals surface area contributed by atoms with Crippen molar-refractivity contribution in [3.05, 3.63) is 39.8 Å². The Morgan fingerprint density at radius 3 is 1.03 bits per heavy atom. The zero-order chi connectivity index (χ0) is 69.1. The van der Waals surface area contributed by atoms with Gasteiger partial charge in [0, 0.05) is 14.6 Å². The van der Waals surface area contributed by atoms with Crippen molar-refractivity contribution in [3.63, 3.8) is 0 Å². The molecule has 0 radical (unpaired) electrons. The number of halogens is 3. The van der Waals surface area contributed by atoms with E-state index in [1.807, 2.05) is 41.7 Å².